The highest BCUT2D eigenvalue weighted by Gasteiger charge is 2.18. The second-order valence-corrected chi connectivity index (χ2v) is 8.88. The molecule has 0 spiro atoms. The van der Waals surface area contributed by atoms with Crippen LogP contribution in [0.2, 0.25) is 0 Å². The van der Waals surface area contributed by atoms with Crippen molar-refractivity contribution in [3.8, 4) is 0 Å². The summed E-state index contributed by atoms with van der Waals surface area (Å²) < 4.78 is 13.7. The maximum absolute atomic E-state index is 13.7. The van der Waals surface area contributed by atoms with Crippen LogP contribution in [0, 0.1) is 5.82 Å². The molecule has 35 heavy (non-hydrogen) atoms. The lowest BCUT2D eigenvalue weighted by atomic mass is 9.79. The van der Waals surface area contributed by atoms with E-state index in [-0.39, 0.29) is 29.4 Å². The van der Waals surface area contributed by atoms with Crippen molar-refractivity contribution < 1.29 is 33.9 Å². The van der Waals surface area contributed by atoms with Gasteiger partial charge in [0.25, 0.3) is 5.91 Å². The number of halogens is 1. The van der Waals surface area contributed by atoms with Crippen molar-refractivity contribution in [3.05, 3.63) is 29.6 Å². The molecular formula is C25H40BFN2O6. The first-order chi connectivity index (χ1) is 16.8. The number of aliphatic carboxylic acids is 1. The van der Waals surface area contributed by atoms with Gasteiger partial charge >= 0.3 is 13.1 Å². The molecular weight excluding hydrogens is 454 g/mol. The first-order valence-corrected chi connectivity index (χ1v) is 12.7. The topological polar surface area (TPSA) is 136 Å². The Hall–Kier alpha value is -2.46. The van der Waals surface area contributed by atoms with E-state index in [4.69, 9.17) is 15.2 Å². The summed E-state index contributed by atoms with van der Waals surface area (Å²) in [5, 5.41) is 31.7. The lowest BCUT2D eigenvalue weighted by Crippen LogP contribution is -2.33. The molecule has 1 aromatic carbocycles. The molecule has 1 rings (SSSR count). The molecule has 0 saturated carbocycles. The Labute approximate surface area is 207 Å². The smallest absolute Gasteiger partial charge is 0.480 e. The molecule has 0 bridgehead atoms. The normalized spacial score (nSPS) is 10.7. The minimum absolute atomic E-state index is 0.160. The predicted molar refractivity (Wildman–Crippen MR) is 134 cm³/mol. The number of hydrogen-bond acceptors (Lipinski definition) is 5. The van der Waals surface area contributed by atoms with Gasteiger partial charge in [0.05, 0.1) is 0 Å². The maximum Gasteiger partial charge on any atom is 0.491 e. The van der Waals surface area contributed by atoms with Gasteiger partial charge < -0.3 is 25.8 Å². The zero-order valence-electron chi connectivity index (χ0n) is 20.6. The van der Waals surface area contributed by atoms with E-state index < -0.39 is 18.9 Å². The number of carbonyl (C=O) groups excluding carboxylic acids is 2. The fourth-order valence-corrected chi connectivity index (χ4v) is 3.80. The summed E-state index contributed by atoms with van der Waals surface area (Å²) >= 11 is 0. The quantitative estimate of drug-likeness (QED) is 0.140. The van der Waals surface area contributed by atoms with Crippen LogP contribution in [0.1, 0.15) is 100 Å². The summed E-state index contributed by atoms with van der Waals surface area (Å²) in [5.74, 6) is -2.40. The van der Waals surface area contributed by atoms with Crippen molar-refractivity contribution >= 4 is 30.4 Å². The number of nitrogens with one attached hydrogen (secondary N) is 2. The van der Waals surface area contributed by atoms with Gasteiger partial charge in [-0.1, -0.05) is 76.7 Å². The Morgan fingerprint density at radius 2 is 1.29 bits per heavy atom. The standard InChI is InChI=1S/C25H40BFN2O6/c27-22-18-20(15-16-21(22)26(34)35)25(33)28-17-13-11-9-7-5-3-1-2-4-6-8-10-12-14-23(30)29-19-24(31)32/h15-16,18,34-35H,1-14,17,19H2,(H,28,33)(H,29,30)(H,31,32). The Kier molecular flexibility index (Phi) is 16.4. The van der Waals surface area contributed by atoms with Crippen LogP contribution in [0.4, 0.5) is 4.39 Å². The SMILES string of the molecule is O=C(O)CNC(=O)CCCCCCCCCCCCCCCNC(=O)c1ccc(B(O)O)c(F)c1. The third-order valence-corrected chi connectivity index (χ3v) is 5.84. The Morgan fingerprint density at radius 1 is 0.771 bits per heavy atom. The van der Waals surface area contributed by atoms with Gasteiger partial charge in [-0.3, -0.25) is 14.4 Å². The highest BCUT2D eigenvalue weighted by molar-refractivity contribution is 6.58. The molecule has 0 aliphatic carbocycles. The summed E-state index contributed by atoms with van der Waals surface area (Å²) in [6, 6.07) is 3.59. The monoisotopic (exact) mass is 494 g/mol. The molecule has 5 N–H and O–H groups in total. The molecule has 1 aromatic rings. The van der Waals surface area contributed by atoms with Gasteiger partial charge in [0.15, 0.2) is 0 Å². The van der Waals surface area contributed by atoms with E-state index in [1.54, 1.807) is 0 Å². The molecule has 0 heterocycles. The van der Waals surface area contributed by atoms with Crippen molar-refractivity contribution in [1.29, 1.82) is 0 Å². The third-order valence-electron chi connectivity index (χ3n) is 5.84. The fourth-order valence-electron chi connectivity index (χ4n) is 3.80. The highest BCUT2D eigenvalue weighted by atomic mass is 19.1. The van der Waals surface area contributed by atoms with Crippen LogP contribution < -0.4 is 16.1 Å². The van der Waals surface area contributed by atoms with Gasteiger partial charge in [-0.2, -0.15) is 0 Å². The molecule has 2 amide bonds. The van der Waals surface area contributed by atoms with Crippen LogP contribution in [-0.2, 0) is 9.59 Å². The van der Waals surface area contributed by atoms with Gasteiger partial charge in [-0.05, 0) is 25.0 Å². The van der Waals surface area contributed by atoms with E-state index in [1.807, 2.05) is 0 Å². The molecule has 0 atom stereocenters. The summed E-state index contributed by atoms with van der Waals surface area (Å²) in [6.45, 7) is 0.217. The van der Waals surface area contributed by atoms with Gasteiger partial charge in [-0.15, -0.1) is 0 Å². The van der Waals surface area contributed by atoms with Gasteiger partial charge in [0.1, 0.15) is 12.4 Å². The summed E-state index contributed by atoms with van der Waals surface area (Å²) in [7, 11) is -1.90. The fraction of sp³-hybridized carbons (Fsp3) is 0.640. The number of rotatable bonds is 20. The molecule has 0 radical (unpaired) electrons. The van der Waals surface area contributed by atoms with Crippen molar-refractivity contribution in [2.45, 2.75) is 89.9 Å². The van der Waals surface area contributed by atoms with Crippen molar-refractivity contribution in [2.75, 3.05) is 13.1 Å². The molecule has 0 aromatic heterocycles. The zero-order chi connectivity index (χ0) is 25.9. The van der Waals surface area contributed by atoms with E-state index in [1.165, 1.54) is 57.1 Å². The second kappa shape index (κ2) is 18.8. The Balaban J connectivity index is 1.88. The summed E-state index contributed by atoms with van der Waals surface area (Å²) in [6.07, 6.45) is 14.8. The molecule has 0 fully saturated rings. The molecule has 0 aliphatic heterocycles. The average molecular weight is 494 g/mol. The summed E-state index contributed by atoms with van der Waals surface area (Å²) in [5.41, 5.74) is -0.0937. The number of benzene rings is 1. The predicted octanol–water partition coefficient (Wildman–Crippen LogP) is 2.90. The minimum Gasteiger partial charge on any atom is -0.480 e. The van der Waals surface area contributed by atoms with E-state index in [0.29, 0.717) is 13.0 Å². The van der Waals surface area contributed by atoms with Crippen LogP contribution >= 0.6 is 0 Å². The number of carbonyl (C=O) groups is 3. The lowest BCUT2D eigenvalue weighted by Gasteiger charge is -2.07. The van der Waals surface area contributed by atoms with Crippen molar-refractivity contribution in [2.24, 2.45) is 0 Å². The van der Waals surface area contributed by atoms with Crippen molar-refractivity contribution in [3.63, 3.8) is 0 Å². The van der Waals surface area contributed by atoms with Gasteiger partial charge in [0.2, 0.25) is 5.91 Å². The van der Waals surface area contributed by atoms with E-state index in [0.717, 1.165) is 44.6 Å². The van der Waals surface area contributed by atoms with Gasteiger partial charge in [-0.25, -0.2) is 4.39 Å². The average Bonchev–Trinajstić information content (AvgIpc) is 2.81. The van der Waals surface area contributed by atoms with Crippen LogP contribution in [0.5, 0.6) is 0 Å². The molecule has 0 aliphatic rings. The van der Waals surface area contributed by atoms with Crippen LogP contribution in [-0.4, -0.2) is 53.1 Å². The number of hydrogen-bond donors (Lipinski definition) is 5. The Bertz CT molecular complexity index is 778. The van der Waals surface area contributed by atoms with Crippen LogP contribution in [0.25, 0.3) is 0 Å². The third kappa shape index (κ3) is 15.2. The van der Waals surface area contributed by atoms with E-state index in [2.05, 4.69) is 10.6 Å². The van der Waals surface area contributed by atoms with Crippen LogP contribution in [0.15, 0.2) is 18.2 Å². The first-order valence-electron chi connectivity index (χ1n) is 12.7. The number of amides is 2. The molecule has 196 valence electrons. The zero-order valence-corrected chi connectivity index (χ0v) is 20.6. The van der Waals surface area contributed by atoms with E-state index in [9.17, 15) is 18.8 Å². The maximum atomic E-state index is 13.7. The number of carboxylic acid groups (broad SMARTS) is 1. The molecule has 0 unspecified atom stereocenters. The highest BCUT2D eigenvalue weighted by Crippen LogP contribution is 2.13. The molecule has 0 saturated heterocycles. The molecule has 8 nitrogen and oxygen atoms in total. The minimum atomic E-state index is -1.90. The number of unbranched alkanes of at least 4 members (excludes halogenated alkanes) is 12. The Morgan fingerprint density at radius 3 is 1.77 bits per heavy atom. The van der Waals surface area contributed by atoms with Crippen LogP contribution in [0.3, 0.4) is 0 Å². The van der Waals surface area contributed by atoms with Gasteiger partial charge in [0, 0.05) is 24.0 Å². The molecule has 10 heteroatoms. The first kappa shape index (κ1) is 30.6. The van der Waals surface area contributed by atoms with E-state index >= 15 is 0 Å². The number of carboxylic acids is 1. The largest absolute Gasteiger partial charge is 0.491 e. The lowest BCUT2D eigenvalue weighted by molar-refractivity contribution is -0.137. The second-order valence-electron chi connectivity index (χ2n) is 8.88. The van der Waals surface area contributed by atoms with Crippen molar-refractivity contribution in [1.82, 2.24) is 10.6 Å². The summed E-state index contributed by atoms with van der Waals surface area (Å²) in [4.78, 5) is 33.8.